The number of nitrogens with one attached hydrogen (secondary N) is 2. The Morgan fingerprint density at radius 3 is 2.93 bits per heavy atom. The van der Waals surface area contributed by atoms with E-state index in [0.29, 0.717) is 11.9 Å². The molecule has 0 aliphatic carbocycles. The van der Waals surface area contributed by atoms with Gasteiger partial charge < -0.3 is 10.2 Å². The predicted molar refractivity (Wildman–Crippen MR) is 111 cm³/mol. The highest BCUT2D eigenvalue weighted by Gasteiger charge is 2.26. The smallest absolute Gasteiger partial charge is 0.230 e. The summed E-state index contributed by atoms with van der Waals surface area (Å²) < 4.78 is 1.93. The monoisotopic (exact) mass is 393 g/mol. The molecule has 1 aromatic carbocycles. The third-order valence-corrected chi connectivity index (χ3v) is 5.35. The predicted octanol–water partition coefficient (Wildman–Crippen LogP) is 4.15. The first kappa shape index (κ1) is 17.1. The number of aromatic amines is 1. The van der Waals surface area contributed by atoms with Crippen molar-refractivity contribution in [1.82, 2.24) is 24.6 Å². The molecule has 142 valence electrons. The molecule has 4 aromatic rings. The number of hydrogen-bond donors (Lipinski definition) is 2. The van der Waals surface area contributed by atoms with Crippen molar-refractivity contribution in [3.05, 3.63) is 64.9 Å². The van der Waals surface area contributed by atoms with Gasteiger partial charge in [-0.15, -0.1) is 0 Å². The van der Waals surface area contributed by atoms with Crippen molar-refractivity contribution in [3.8, 4) is 0 Å². The van der Waals surface area contributed by atoms with Gasteiger partial charge in [0, 0.05) is 36.3 Å². The zero-order chi connectivity index (χ0) is 19.1. The van der Waals surface area contributed by atoms with Gasteiger partial charge in [-0.05, 0) is 43.2 Å². The van der Waals surface area contributed by atoms with Crippen LogP contribution in [0.5, 0.6) is 0 Å². The van der Waals surface area contributed by atoms with Crippen LogP contribution < -0.4 is 10.2 Å². The van der Waals surface area contributed by atoms with Crippen LogP contribution in [0, 0.1) is 6.92 Å². The van der Waals surface area contributed by atoms with Crippen LogP contribution in [0.3, 0.4) is 0 Å². The molecule has 0 saturated carbocycles. The Morgan fingerprint density at radius 2 is 2.11 bits per heavy atom. The van der Waals surface area contributed by atoms with Gasteiger partial charge >= 0.3 is 0 Å². The van der Waals surface area contributed by atoms with E-state index in [-0.39, 0.29) is 0 Å². The van der Waals surface area contributed by atoms with Crippen molar-refractivity contribution < 1.29 is 0 Å². The third-order valence-electron chi connectivity index (χ3n) is 5.12. The van der Waals surface area contributed by atoms with Gasteiger partial charge in [0.1, 0.15) is 11.5 Å². The first-order valence-corrected chi connectivity index (χ1v) is 9.68. The zero-order valence-corrected chi connectivity index (χ0v) is 16.2. The molecule has 0 bridgehead atoms. The van der Waals surface area contributed by atoms with Gasteiger partial charge in [0.25, 0.3) is 0 Å². The summed E-state index contributed by atoms with van der Waals surface area (Å²) in [4.78, 5) is 11.8. The average Bonchev–Trinajstić information content (AvgIpc) is 3.42. The van der Waals surface area contributed by atoms with Gasteiger partial charge in [-0.2, -0.15) is 15.1 Å². The third kappa shape index (κ3) is 3.18. The molecule has 1 atom stereocenters. The Labute approximate surface area is 167 Å². The van der Waals surface area contributed by atoms with Crippen molar-refractivity contribution in [1.29, 1.82) is 0 Å². The number of anilines is 3. The highest BCUT2D eigenvalue weighted by Crippen LogP contribution is 2.31. The lowest BCUT2D eigenvalue weighted by Gasteiger charge is -2.18. The molecule has 7 nitrogen and oxygen atoms in total. The lowest BCUT2D eigenvalue weighted by Crippen LogP contribution is -2.23. The SMILES string of the molecule is Cc1cc(Nc2nc(N3CCC(c4cccc(Cl)c4)C3)nc3cccn23)[nH]n1. The van der Waals surface area contributed by atoms with E-state index in [1.54, 1.807) is 0 Å². The van der Waals surface area contributed by atoms with E-state index in [9.17, 15) is 0 Å². The fourth-order valence-corrected chi connectivity index (χ4v) is 3.93. The summed E-state index contributed by atoms with van der Waals surface area (Å²) in [6.07, 6.45) is 3.00. The van der Waals surface area contributed by atoms with Gasteiger partial charge in [0.15, 0.2) is 0 Å². The van der Waals surface area contributed by atoms with Gasteiger partial charge in [-0.25, -0.2) is 0 Å². The summed E-state index contributed by atoms with van der Waals surface area (Å²) in [5.41, 5.74) is 3.05. The maximum absolute atomic E-state index is 6.17. The topological polar surface area (TPSA) is 74.1 Å². The number of H-pyrrole nitrogens is 1. The molecule has 1 aliphatic rings. The summed E-state index contributed by atoms with van der Waals surface area (Å²) in [5.74, 6) is 2.67. The van der Waals surface area contributed by atoms with Crippen LogP contribution in [-0.2, 0) is 0 Å². The van der Waals surface area contributed by atoms with Gasteiger partial charge in [0.2, 0.25) is 11.9 Å². The van der Waals surface area contributed by atoms with Crippen LogP contribution in [0.2, 0.25) is 5.02 Å². The van der Waals surface area contributed by atoms with Crippen LogP contribution in [0.15, 0.2) is 48.7 Å². The molecule has 0 spiro atoms. The Balaban J connectivity index is 1.44. The molecule has 8 heteroatoms. The number of halogens is 1. The van der Waals surface area contributed by atoms with Crippen molar-refractivity contribution in [2.45, 2.75) is 19.3 Å². The maximum Gasteiger partial charge on any atom is 0.230 e. The first-order chi connectivity index (χ1) is 13.7. The zero-order valence-electron chi connectivity index (χ0n) is 15.4. The van der Waals surface area contributed by atoms with E-state index >= 15 is 0 Å². The molecule has 1 aliphatic heterocycles. The van der Waals surface area contributed by atoms with E-state index in [4.69, 9.17) is 21.6 Å². The minimum atomic E-state index is 0.428. The highest BCUT2D eigenvalue weighted by atomic mass is 35.5. The van der Waals surface area contributed by atoms with E-state index in [1.807, 2.05) is 47.9 Å². The van der Waals surface area contributed by atoms with Gasteiger partial charge in [0.05, 0.1) is 5.69 Å². The standard InChI is InChI=1S/C20H20ClN7/c1-13-10-17(26-25-13)22-20-24-19(23-18-6-3-8-28(18)20)27-9-7-15(12-27)14-4-2-5-16(21)11-14/h2-6,8,10-11,15H,7,9,12H2,1H3,(H2,22,23,24,25,26). The molecule has 1 saturated heterocycles. The molecule has 5 rings (SSSR count). The highest BCUT2D eigenvalue weighted by molar-refractivity contribution is 6.30. The van der Waals surface area contributed by atoms with E-state index < -0.39 is 0 Å². The minimum absolute atomic E-state index is 0.428. The Bertz CT molecular complexity index is 1130. The van der Waals surface area contributed by atoms with Gasteiger partial charge in [-0.1, -0.05) is 23.7 Å². The summed E-state index contributed by atoms with van der Waals surface area (Å²) in [6.45, 7) is 3.73. The number of aromatic nitrogens is 5. The molecule has 0 amide bonds. The van der Waals surface area contributed by atoms with Crippen LogP contribution in [-0.4, -0.2) is 37.7 Å². The molecule has 1 fully saturated rings. The summed E-state index contributed by atoms with van der Waals surface area (Å²) in [6, 6.07) is 14.0. The second-order valence-electron chi connectivity index (χ2n) is 7.12. The van der Waals surface area contributed by atoms with Crippen molar-refractivity contribution in [2.75, 3.05) is 23.3 Å². The fourth-order valence-electron chi connectivity index (χ4n) is 3.73. The second kappa shape index (κ2) is 6.83. The Morgan fingerprint density at radius 1 is 1.18 bits per heavy atom. The molecule has 0 radical (unpaired) electrons. The molecular formula is C20H20ClN7. The number of benzene rings is 1. The maximum atomic E-state index is 6.17. The van der Waals surface area contributed by atoms with Crippen LogP contribution in [0.1, 0.15) is 23.6 Å². The number of hydrogen-bond acceptors (Lipinski definition) is 5. The molecule has 28 heavy (non-hydrogen) atoms. The molecule has 3 aromatic heterocycles. The lowest BCUT2D eigenvalue weighted by atomic mass is 9.99. The summed E-state index contributed by atoms with van der Waals surface area (Å²) in [5, 5.41) is 11.2. The quantitative estimate of drug-likeness (QED) is 0.544. The van der Waals surface area contributed by atoms with Crippen molar-refractivity contribution >= 4 is 35.0 Å². The molecular weight excluding hydrogens is 374 g/mol. The second-order valence-corrected chi connectivity index (χ2v) is 7.55. The number of fused-ring (bicyclic) bond motifs is 1. The number of aryl methyl sites for hydroxylation is 1. The molecule has 1 unspecified atom stereocenters. The van der Waals surface area contributed by atoms with Crippen molar-refractivity contribution in [2.24, 2.45) is 0 Å². The van der Waals surface area contributed by atoms with E-state index in [1.165, 1.54) is 5.56 Å². The fraction of sp³-hybridized carbons (Fsp3) is 0.250. The minimum Gasteiger partial charge on any atom is -0.340 e. The van der Waals surface area contributed by atoms with E-state index in [0.717, 1.165) is 47.6 Å². The molecule has 4 heterocycles. The largest absolute Gasteiger partial charge is 0.340 e. The Kier molecular flexibility index (Phi) is 4.16. The van der Waals surface area contributed by atoms with Crippen LogP contribution in [0.4, 0.5) is 17.7 Å². The number of nitrogens with zero attached hydrogens (tertiary/aromatic N) is 5. The summed E-state index contributed by atoms with van der Waals surface area (Å²) in [7, 11) is 0. The summed E-state index contributed by atoms with van der Waals surface area (Å²) >= 11 is 6.17. The Hall–Kier alpha value is -3.06. The van der Waals surface area contributed by atoms with Crippen LogP contribution in [0.25, 0.3) is 5.65 Å². The number of rotatable bonds is 4. The first-order valence-electron chi connectivity index (χ1n) is 9.30. The lowest BCUT2D eigenvalue weighted by molar-refractivity contribution is 0.772. The molecule has 2 N–H and O–H groups in total. The van der Waals surface area contributed by atoms with E-state index in [2.05, 4.69) is 32.5 Å². The van der Waals surface area contributed by atoms with Crippen molar-refractivity contribution in [3.63, 3.8) is 0 Å². The van der Waals surface area contributed by atoms with Crippen LogP contribution >= 0.6 is 11.6 Å². The average molecular weight is 394 g/mol. The normalized spacial score (nSPS) is 16.8. The van der Waals surface area contributed by atoms with Gasteiger partial charge in [-0.3, -0.25) is 9.50 Å².